The van der Waals surface area contributed by atoms with Gasteiger partial charge in [-0.1, -0.05) is 12.1 Å². The number of carbonyl (C=O) groups is 1. The second-order valence-corrected chi connectivity index (χ2v) is 7.59. The third kappa shape index (κ3) is 4.14. The van der Waals surface area contributed by atoms with E-state index in [9.17, 15) is 9.18 Å². The van der Waals surface area contributed by atoms with Crippen molar-refractivity contribution in [1.29, 1.82) is 0 Å². The zero-order valence-electron chi connectivity index (χ0n) is 16.1. The molecule has 1 amide bonds. The Morgan fingerprint density at radius 2 is 2.18 bits per heavy atom. The summed E-state index contributed by atoms with van der Waals surface area (Å²) in [4.78, 5) is 26.0. The summed E-state index contributed by atoms with van der Waals surface area (Å²) < 4.78 is 19.0. The van der Waals surface area contributed by atoms with Gasteiger partial charge in [0.2, 0.25) is 0 Å². The van der Waals surface area contributed by atoms with Crippen molar-refractivity contribution in [2.45, 2.75) is 31.7 Å². The minimum atomic E-state index is -0.458. The van der Waals surface area contributed by atoms with Crippen LogP contribution in [0.5, 0.6) is 5.75 Å². The molecule has 1 aromatic carbocycles. The van der Waals surface area contributed by atoms with Crippen molar-refractivity contribution in [3.8, 4) is 5.75 Å². The van der Waals surface area contributed by atoms with Crippen LogP contribution in [0.15, 0.2) is 30.5 Å². The number of likely N-dealkylation sites (N-methyl/N-ethyl adjacent to an activating group) is 1. The van der Waals surface area contributed by atoms with E-state index in [1.807, 2.05) is 6.20 Å². The second kappa shape index (κ2) is 8.22. The second-order valence-electron chi connectivity index (χ2n) is 7.59. The van der Waals surface area contributed by atoms with E-state index in [4.69, 9.17) is 9.72 Å². The van der Waals surface area contributed by atoms with Crippen LogP contribution in [0.4, 0.5) is 4.39 Å². The van der Waals surface area contributed by atoms with E-state index < -0.39 is 5.82 Å². The van der Waals surface area contributed by atoms with Gasteiger partial charge in [0.15, 0.2) is 18.2 Å². The molecule has 4 rings (SSSR count). The Labute approximate surface area is 164 Å². The summed E-state index contributed by atoms with van der Waals surface area (Å²) in [6.45, 7) is 3.00. The third-order valence-corrected chi connectivity index (χ3v) is 5.47. The minimum absolute atomic E-state index is 0.104. The maximum atomic E-state index is 13.7. The number of amides is 1. The zero-order valence-corrected chi connectivity index (χ0v) is 16.1. The molecule has 148 valence electrons. The lowest BCUT2D eigenvalue weighted by Gasteiger charge is -2.32. The molecule has 1 atom stereocenters. The monoisotopic (exact) mass is 384 g/mol. The summed E-state index contributed by atoms with van der Waals surface area (Å²) >= 11 is 0. The first-order valence-corrected chi connectivity index (χ1v) is 9.78. The molecule has 2 aromatic rings. The first-order valence-electron chi connectivity index (χ1n) is 9.78. The Hall–Kier alpha value is -2.54. The van der Waals surface area contributed by atoms with Gasteiger partial charge in [0.05, 0.1) is 0 Å². The van der Waals surface area contributed by atoms with Crippen LogP contribution in [-0.2, 0) is 17.8 Å². The van der Waals surface area contributed by atoms with Crippen LogP contribution in [0.25, 0.3) is 0 Å². The van der Waals surface area contributed by atoms with E-state index in [-0.39, 0.29) is 24.2 Å². The molecule has 28 heavy (non-hydrogen) atoms. The summed E-state index contributed by atoms with van der Waals surface area (Å²) in [6, 6.07) is 6.13. The number of carbonyl (C=O) groups excluding carboxylic acids is 1. The molecule has 0 radical (unpaired) electrons. The first kappa shape index (κ1) is 18.8. The predicted molar refractivity (Wildman–Crippen MR) is 103 cm³/mol. The number of rotatable bonds is 4. The number of piperidine rings is 1. The van der Waals surface area contributed by atoms with Crippen LogP contribution in [0.2, 0.25) is 0 Å². The molecule has 1 fully saturated rings. The van der Waals surface area contributed by atoms with Gasteiger partial charge in [-0.25, -0.2) is 14.4 Å². The van der Waals surface area contributed by atoms with E-state index in [2.05, 4.69) is 16.9 Å². The summed E-state index contributed by atoms with van der Waals surface area (Å²) in [7, 11) is 2.10. The van der Waals surface area contributed by atoms with Crippen molar-refractivity contribution in [2.75, 3.05) is 33.3 Å². The quantitative estimate of drug-likeness (QED) is 0.810. The highest BCUT2D eigenvalue weighted by Gasteiger charge is 2.28. The number of para-hydroxylation sites is 1. The molecular formula is C21H25FN4O2. The van der Waals surface area contributed by atoms with Gasteiger partial charge >= 0.3 is 0 Å². The van der Waals surface area contributed by atoms with Crippen molar-refractivity contribution < 1.29 is 13.9 Å². The van der Waals surface area contributed by atoms with Crippen molar-refractivity contribution in [2.24, 2.45) is 0 Å². The van der Waals surface area contributed by atoms with Crippen molar-refractivity contribution >= 4 is 5.91 Å². The van der Waals surface area contributed by atoms with Crippen molar-refractivity contribution in [3.05, 3.63) is 53.4 Å². The maximum absolute atomic E-state index is 13.7. The van der Waals surface area contributed by atoms with E-state index in [1.165, 1.54) is 17.7 Å². The van der Waals surface area contributed by atoms with Gasteiger partial charge in [0, 0.05) is 56.0 Å². The number of halogens is 1. The Balaban J connectivity index is 1.39. The molecule has 1 aromatic heterocycles. The van der Waals surface area contributed by atoms with Crippen LogP contribution in [-0.4, -0.2) is 59.0 Å². The topological polar surface area (TPSA) is 58.6 Å². The lowest BCUT2D eigenvalue weighted by atomic mass is 9.96. The first-order chi connectivity index (χ1) is 13.6. The van der Waals surface area contributed by atoms with Crippen LogP contribution < -0.4 is 4.74 Å². The highest BCUT2D eigenvalue weighted by molar-refractivity contribution is 5.78. The van der Waals surface area contributed by atoms with E-state index >= 15 is 0 Å². The number of ether oxygens (including phenoxy) is 1. The molecule has 0 saturated carbocycles. The smallest absolute Gasteiger partial charge is 0.260 e. The molecule has 0 N–H and O–H groups in total. The number of hydrogen-bond acceptors (Lipinski definition) is 5. The number of aromatic nitrogens is 2. The molecular weight excluding hydrogens is 359 g/mol. The number of benzene rings is 1. The zero-order chi connectivity index (χ0) is 19.5. The summed E-state index contributed by atoms with van der Waals surface area (Å²) in [5.74, 6) is 0.479. The largest absolute Gasteiger partial charge is 0.481 e. The van der Waals surface area contributed by atoms with Gasteiger partial charge in [-0.3, -0.25) is 4.79 Å². The standard InChI is InChI=1S/C21H25FN4O2/c1-25-10-8-18-16(12-25)11-23-21(24-18)15-5-4-9-26(13-15)20(27)14-28-19-7-3-2-6-17(19)22/h2-3,6-7,11,15H,4-5,8-10,12-14H2,1H3. The normalized spacial score (nSPS) is 19.9. The Morgan fingerprint density at radius 1 is 1.32 bits per heavy atom. The average Bonchev–Trinajstić information content (AvgIpc) is 2.72. The molecule has 0 aliphatic carbocycles. The highest BCUT2D eigenvalue weighted by Crippen LogP contribution is 2.26. The van der Waals surface area contributed by atoms with Crippen LogP contribution in [0.1, 0.15) is 35.8 Å². The molecule has 6 nitrogen and oxygen atoms in total. The Morgan fingerprint density at radius 3 is 3.04 bits per heavy atom. The Bertz CT molecular complexity index is 860. The predicted octanol–water partition coefficient (Wildman–Crippen LogP) is 2.39. The van der Waals surface area contributed by atoms with Gasteiger partial charge in [0.1, 0.15) is 5.82 Å². The fourth-order valence-corrected chi connectivity index (χ4v) is 3.88. The molecule has 2 aliphatic rings. The fraction of sp³-hybridized carbons (Fsp3) is 0.476. The molecule has 3 heterocycles. The molecule has 0 spiro atoms. The van der Waals surface area contributed by atoms with Gasteiger partial charge in [0.25, 0.3) is 5.91 Å². The van der Waals surface area contributed by atoms with E-state index in [0.717, 1.165) is 43.9 Å². The van der Waals surface area contributed by atoms with Crippen LogP contribution >= 0.6 is 0 Å². The van der Waals surface area contributed by atoms with Gasteiger partial charge < -0.3 is 14.5 Å². The maximum Gasteiger partial charge on any atom is 0.260 e. The molecule has 1 unspecified atom stereocenters. The van der Waals surface area contributed by atoms with E-state index in [0.29, 0.717) is 13.1 Å². The number of hydrogen-bond donors (Lipinski definition) is 0. The highest BCUT2D eigenvalue weighted by atomic mass is 19.1. The third-order valence-electron chi connectivity index (χ3n) is 5.47. The minimum Gasteiger partial charge on any atom is -0.481 e. The average molecular weight is 384 g/mol. The molecule has 0 bridgehead atoms. The summed E-state index contributed by atoms with van der Waals surface area (Å²) in [5.41, 5.74) is 2.33. The van der Waals surface area contributed by atoms with Gasteiger partial charge in [-0.2, -0.15) is 0 Å². The summed E-state index contributed by atoms with van der Waals surface area (Å²) in [5, 5.41) is 0. The SMILES string of the molecule is CN1CCc2nc(C3CCCN(C(=O)COc4ccccc4F)C3)ncc2C1. The summed E-state index contributed by atoms with van der Waals surface area (Å²) in [6.07, 6.45) is 4.75. The number of nitrogens with zero attached hydrogens (tertiary/aromatic N) is 4. The van der Waals surface area contributed by atoms with Crippen molar-refractivity contribution in [3.63, 3.8) is 0 Å². The number of fused-ring (bicyclic) bond motifs is 1. The molecule has 7 heteroatoms. The van der Waals surface area contributed by atoms with E-state index in [1.54, 1.807) is 17.0 Å². The van der Waals surface area contributed by atoms with Crippen molar-refractivity contribution in [1.82, 2.24) is 19.8 Å². The van der Waals surface area contributed by atoms with Crippen LogP contribution in [0, 0.1) is 5.82 Å². The molecule has 1 saturated heterocycles. The Kier molecular flexibility index (Phi) is 5.52. The molecule has 2 aliphatic heterocycles. The lowest BCUT2D eigenvalue weighted by molar-refractivity contribution is -0.134. The fourth-order valence-electron chi connectivity index (χ4n) is 3.88. The lowest BCUT2D eigenvalue weighted by Crippen LogP contribution is -2.42. The van der Waals surface area contributed by atoms with Gasteiger partial charge in [-0.15, -0.1) is 0 Å². The van der Waals surface area contributed by atoms with Gasteiger partial charge in [-0.05, 0) is 32.0 Å². The number of likely N-dealkylation sites (tertiary alicyclic amines) is 1. The van der Waals surface area contributed by atoms with Crippen LogP contribution in [0.3, 0.4) is 0 Å².